The van der Waals surface area contributed by atoms with E-state index < -0.39 is 18.0 Å². The minimum atomic E-state index is -0.843. The minimum absolute atomic E-state index is 0.119. The van der Waals surface area contributed by atoms with Crippen molar-refractivity contribution in [2.45, 2.75) is 187 Å². The number of ether oxygens (including phenoxy) is 3. The number of rotatable bonds is 38. The zero-order chi connectivity index (χ0) is 40.8. The number of carbonyl (C=O) groups excluding carboxylic acids is 3. The Morgan fingerprint density at radius 2 is 0.839 bits per heavy atom. The Bertz CT molecular complexity index is 1170. The first-order valence-corrected chi connectivity index (χ1v) is 22.3. The maximum atomic E-state index is 12.6. The maximum Gasteiger partial charge on any atom is 0.309 e. The van der Waals surface area contributed by atoms with Crippen LogP contribution in [0, 0.1) is 0 Å². The zero-order valence-corrected chi connectivity index (χ0v) is 35.9. The average molecular weight is 777 g/mol. The Morgan fingerprint density at radius 3 is 1.39 bits per heavy atom. The second kappa shape index (κ2) is 44.0. The second-order valence-corrected chi connectivity index (χ2v) is 14.2. The summed E-state index contributed by atoms with van der Waals surface area (Å²) in [4.78, 5) is 37.5. The van der Waals surface area contributed by atoms with Crippen LogP contribution in [0.5, 0.6) is 0 Å². The van der Waals surface area contributed by atoms with Gasteiger partial charge in [0.1, 0.15) is 13.2 Å². The topological polar surface area (TPSA) is 78.9 Å². The highest BCUT2D eigenvalue weighted by Gasteiger charge is 2.19. The first-order chi connectivity index (χ1) is 27.5. The second-order valence-electron chi connectivity index (χ2n) is 14.2. The van der Waals surface area contributed by atoms with E-state index in [-0.39, 0.29) is 32.0 Å². The fourth-order valence-electron chi connectivity index (χ4n) is 5.57. The van der Waals surface area contributed by atoms with Crippen molar-refractivity contribution in [2.75, 3.05) is 13.2 Å². The largest absolute Gasteiger partial charge is 0.462 e. The Balaban J connectivity index is 4.47. The van der Waals surface area contributed by atoms with E-state index in [1.165, 1.54) is 51.4 Å². The van der Waals surface area contributed by atoms with Crippen molar-refractivity contribution in [1.29, 1.82) is 0 Å². The molecule has 0 bridgehead atoms. The van der Waals surface area contributed by atoms with Gasteiger partial charge in [-0.15, -0.1) is 0 Å². The van der Waals surface area contributed by atoms with Gasteiger partial charge >= 0.3 is 17.9 Å². The lowest BCUT2D eigenvalue weighted by Gasteiger charge is -2.18. The fourth-order valence-corrected chi connectivity index (χ4v) is 5.57. The summed E-state index contributed by atoms with van der Waals surface area (Å²) in [6.07, 6.45) is 57.3. The highest BCUT2D eigenvalue weighted by atomic mass is 16.6. The van der Waals surface area contributed by atoms with Crippen molar-refractivity contribution in [1.82, 2.24) is 0 Å². The first-order valence-electron chi connectivity index (χ1n) is 22.3. The molecule has 0 heterocycles. The summed E-state index contributed by atoms with van der Waals surface area (Å²) in [5.74, 6) is -1.15. The van der Waals surface area contributed by atoms with Gasteiger partial charge in [0.15, 0.2) is 6.10 Å². The van der Waals surface area contributed by atoms with Gasteiger partial charge in [-0.1, -0.05) is 176 Å². The summed E-state index contributed by atoms with van der Waals surface area (Å²) in [6.45, 7) is 6.20. The third-order valence-electron chi connectivity index (χ3n) is 8.86. The van der Waals surface area contributed by atoms with Crippen molar-refractivity contribution in [3.8, 4) is 0 Å². The Hall–Kier alpha value is -3.67. The molecule has 0 saturated heterocycles. The predicted octanol–water partition coefficient (Wildman–Crippen LogP) is 14.2. The molecular formula is C50H80O6. The monoisotopic (exact) mass is 777 g/mol. The van der Waals surface area contributed by atoms with E-state index in [0.717, 1.165) is 83.5 Å². The molecule has 316 valence electrons. The van der Waals surface area contributed by atoms with Gasteiger partial charge in [-0.25, -0.2) is 0 Å². The highest BCUT2D eigenvalue weighted by Crippen LogP contribution is 2.11. The number of hydrogen-bond acceptors (Lipinski definition) is 6. The van der Waals surface area contributed by atoms with Crippen LogP contribution in [0.1, 0.15) is 181 Å². The summed E-state index contributed by atoms with van der Waals surface area (Å²) in [5, 5.41) is 0. The van der Waals surface area contributed by atoms with Gasteiger partial charge in [0, 0.05) is 12.8 Å². The van der Waals surface area contributed by atoms with E-state index in [0.29, 0.717) is 12.8 Å². The molecule has 1 unspecified atom stereocenters. The molecule has 0 aliphatic rings. The fraction of sp³-hybridized carbons (Fsp3) is 0.620. The molecule has 0 rings (SSSR count). The van der Waals surface area contributed by atoms with Gasteiger partial charge < -0.3 is 14.2 Å². The average Bonchev–Trinajstić information content (AvgIpc) is 3.19. The van der Waals surface area contributed by atoms with Crippen LogP contribution in [-0.2, 0) is 28.6 Å². The molecule has 0 aromatic carbocycles. The molecule has 0 fully saturated rings. The smallest absolute Gasteiger partial charge is 0.309 e. The SMILES string of the molecule is CC/C=C\C/C=C\C/C=C\CCCC(=O)OC(COC(=O)C/C=C\C/C=C\C/C=C\CC)COC(=O)CCCCCCC/C=C\C=C/CCCCCCCCC. The molecule has 0 aliphatic heterocycles. The van der Waals surface area contributed by atoms with E-state index >= 15 is 0 Å². The van der Waals surface area contributed by atoms with Crippen LogP contribution in [0.15, 0.2) is 97.2 Å². The van der Waals surface area contributed by atoms with Crippen LogP contribution in [0.4, 0.5) is 0 Å². The molecule has 0 radical (unpaired) electrons. The van der Waals surface area contributed by atoms with Crippen LogP contribution in [0.3, 0.4) is 0 Å². The first kappa shape index (κ1) is 52.3. The molecular weight excluding hydrogens is 697 g/mol. The molecule has 0 aromatic rings. The van der Waals surface area contributed by atoms with Crippen LogP contribution in [0.2, 0.25) is 0 Å². The predicted molar refractivity (Wildman–Crippen MR) is 237 cm³/mol. The van der Waals surface area contributed by atoms with Gasteiger partial charge in [0.2, 0.25) is 0 Å². The normalized spacial score (nSPS) is 13.0. The van der Waals surface area contributed by atoms with Crippen molar-refractivity contribution in [3.63, 3.8) is 0 Å². The van der Waals surface area contributed by atoms with E-state index in [9.17, 15) is 14.4 Å². The molecule has 6 nitrogen and oxygen atoms in total. The lowest BCUT2D eigenvalue weighted by molar-refractivity contribution is -0.166. The van der Waals surface area contributed by atoms with Gasteiger partial charge in [0.25, 0.3) is 0 Å². The van der Waals surface area contributed by atoms with Gasteiger partial charge in [0.05, 0.1) is 6.42 Å². The summed E-state index contributed by atoms with van der Waals surface area (Å²) in [7, 11) is 0. The van der Waals surface area contributed by atoms with Gasteiger partial charge in [-0.05, 0) is 83.5 Å². The summed E-state index contributed by atoms with van der Waals surface area (Å²) >= 11 is 0. The minimum Gasteiger partial charge on any atom is -0.462 e. The third kappa shape index (κ3) is 41.5. The summed E-state index contributed by atoms with van der Waals surface area (Å²) in [5.41, 5.74) is 0. The molecule has 1 atom stereocenters. The number of hydrogen-bond donors (Lipinski definition) is 0. The molecule has 0 spiro atoms. The molecule has 0 amide bonds. The van der Waals surface area contributed by atoms with E-state index in [1.54, 1.807) is 6.08 Å². The lowest BCUT2D eigenvalue weighted by atomic mass is 10.1. The number of unbranched alkanes of at least 4 members (excludes halogenated alkanes) is 13. The van der Waals surface area contributed by atoms with Gasteiger partial charge in [-0.2, -0.15) is 0 Å². The Labute approximate surface area is 343 Å². The summed E-state index contributed by atoms with van der Waals surface area (Å²) in [6, 6.07) is 0. The van der Waals surface area contributed by atoms with Crippen LogP contribution >= 0.6 is 0 Å². The molecule has 0 aliphatic carbocycles. The van der Waals surface area contributed by atoms with E-state index in [4.69, 9.17) is 14.2 Å². The molecule has 0 N–H and O–H groups in total. The molecule has 56 heavy (non-hydrogen) atoms. The van der Waals surface area contributed by atoms with Crippen LogP contribution in [0.25, 0.3) is 0 Å². The van der Waals surface area contributed by atoms with Crippen molar-refractivity contribution in [2.24, 2.45) is 0 Å². The van der Waals surface area contributed by atoms with Crippen molar-refractivity contribution >= 4 is 17.9 Å². The van der Waals surface area contributed by atoms with E-state index in [1.807, 2.05) is 6.08 Å². The van der Waals surface area contributed by atoms with Gasteiger partial charge in [-0.3, -0.25) is 14.4 Å². The highest BCUT2D eigenvalue weighted by molar-refractivity contribution is 5.72. The van der Waals surface area contributed by atoms with Crippen LogP contribution in [-0.4, -0.2) is 37.2 Å². The third-order valence-corrected chi connectivity index (χ3v) is 8.86. The number of carbonyl (C=O) groups is 3. The summed E-state index contributed by atoms with van der Waals surface area (Å²) < 4.78 is 16.5. The lowest BCUT2D eigenvalue weighted by Crippen LogP contribution is -2.30. The molecule has 0 saturated carbocycles. The quantitative estimate of drug-likeness (QED) is 0.0204. The van der Waals surface area contributed by atoms with Crippen molar-refractivity contribution in [3.05, 3.63) is 97.2 Å². The van der Waals surface area contributed by atoms with Crippen molar-refractivity contribution < 1.29 is 28.6 Å². The maximum absolute atomic E-state index is 12.6. The zero-order valence-electron chi connectivity index (χ0n) is 35.9. The van der Waals surface area contributed by atoms with Crippen LogP contribution < -0.4 is 0 Å². The van der Waals surface area contributed by atoms with E-state index in [2.05, 4.69) is 106 Å². The number of esters is 3. The Morgan fingerprint density at radius 1 is 0.411 bits per heavy atom. The standard InChI is InChI=1S/C50H80O6/c1-4-7-10-13-16-19-21-22-23-24-25-26-27-29-31-34-37-40-43-49(52)55-46-47(45-54-48(51)42-39-36-33-30-18-15-12-9-6-3)56-50(53)44-41-38-35-32-28-20-17-14-11-8-5-2/h8-9,11-12,17-18,20,23-26,30,32,35-36,39,47H,4-7,10,13-16,19,21-22,27-29,31,33-34,37-38,40-46H2,1-3H3/b11-8-,12-9-,20-17-,24-23-,26-25-,30-18-,35-32-,39-36-. The molecule has 0 aromatic heterocycles. The molecule has 6 heteroatoms. The Kier molecular flexibility index (Phi) is 41.2. The number of allylic oxidation sites excluding steroid dienone is 15.